The fourth-order valence-corrected chi connectivity index (χ4v) is 1.76. The number of amides is 1. The van der Waals surface area contributed by atoms with Gasteiger partial charge in [0.05, 0.1) is 33.4 Å². The SMILES string of the molecule is COC(=O)CCN(CCOCCO)C(=O)c1ccc(F)cc1. The van der Waals surface area contributed by atoms with Crippen molar-refractivity contribution in [3.8, 4) is 0 Å². The maximum atomic E-state index is 12.9. The van der Waals surface area contributed by atoms with Crippen LogP contribution in [0.2, 0.25) is 0 Å². The largest absolute Gasteiger partial charge is 0.469 e. The summed E-state index contributed by atoms with van der Waals surface area (Å²) in [5.74, 6) is -1.17. The second-order valence-corrected chi connectivity index (χ2v) is 4.46. The molecule has 0 radical (unpaired) electrons. The second kappa shape index (κ2) is 9.86. The van der Waals surface area contributed by atoms with Gasteiger partial charge in [-0.3, -0.25) is 9.59 Å². The summed E-state index contributed by atoms with van der Waals surface area (Å²) in [6, 6.07) is 5.18. The second-order valence-electron chi connectivity index (χ2n) is 4.46. The van der Waals surface area contributed by atoms with Crippen molar-refractivity contribution in [3.63, 3.8) is 0 Å². The van der Waals surface area contributed by atoms with Gasteiger partial charge in [0.25, 0.3) is 5.91 Å². The Morgan fingerprint density at radius 1 is 1.18 bits per heavy atom. The first kappa shape index (κ1) is 18.1. The first-order valence-corrected chi connectivity index (χ1v) is 6.88. The van der Waals surface area contributed by atoms with Gasteiger partial charge in [-0.15, -0.1) is 0 Å². The summed E-state index contributed by atoms with van der Waals surface area (Å²) < 4.78 is 22.6. The van der Waals surface area contributed by atoms with Crippen molar-refractivity contribution in [2.24, 2.45) is 0 Å². The molecule has 1 aromatic rings. The number of aliphatic hydroxyl groups is 1. The van der Waals surface area contributed by atoms with Crippen molar-refractivity contribution in [1.29, 1.82) is 0 Å². The van der Waals surface area contributed by atoms with Gasteiger partial charge in [0, 0.05) is 18.7 Å². The molecular formula is C15H20FNO5. The molecule has 0 unspecified atom stereocenters. The van der Waals surface area contributed by atoms with Crippen LogP contribution in [0.5, 0.6) is 0 Å². The van der Waals surface area contributed by atoms with Crippen molar-refractivity contribution < 1.29 is 28.6 Å². The molecule has 1 amide bonds. The fourth-order valence-electron chi connectivity index (χ4n) is 1.76. The molecule has 0 spiro atoms. The van der Waals surface area contributed by atoms with Gasteiger partial charge >= 0.3 is 5.97 Å². The Hall–Kier alpha value is -1.99. The topological polar surface area (TPSA) is 76.1 Å². The van der Waals surface area contributed by atoms with E-state index in [0.29, 0.717) is 5.56 Å². The van der Waals surface area contributed by atoms with E-state index in [0.717, 1.165) is 0 Å². The average Bonchev–Trinajstić information content (AvgIpc) is 2.54. The summed E-state index contributed by atoms with van der Waals surface area (Å²) in [7, 11) is 1.28. The summed E-state index contributed by atoms with van der Waals surface area (Å²) in [6.07, 6.45) is 0.0590. The zero-order chi connectivity index (χ0) is 16.4. The Bertz CT molecular complexity index is 477. The van der Waals surface area contributed by atoms with Crippen LogP contribution in [0.15, 0.2) is 24.3 Å². The molecule has 6 nitrogen and oxygen atoms in total. The molecule has 0 aliphatic rings. The third-order valence-corrected chi connectivity index (χ3v) is 2.93. The number of carbonyl (C=O) groups is 2. The van der Waals surface area contributed by atoms with Crippen LogP contribution in [-0.4, -0.2) is 61.9 Å². The number of halogens is 1. The number of benzene rings is 1. The summed E-state index contributed by atoms with van der Waals surface area (Å²) in [6.45, 7) is 0.733. The standard InChI is InChI=1S/C15H20FNO5/c1-21-14(19)6-7-17(8-10-22-11-9-18)15(20)12-2-4-13(16)5-3-12/h2-5,18H,6-11H2,1H3. The molecule has 0 aliphatic heterocycles. The number of ether oxygens (including phenoxy) is 2. The van der Waals surface area contributed by atoms with E-state index in [-0.39, 0.29) is 45.2 Å². The lowest BCUT2D eigenvalue weighted by Crippen LogP contribution is -2.36. The monoisotopic (exact) mass is 313 g/mol. The van der Waals surface area contributed by atoms with Gasteiger partial charge in [-0.05, 0) is 24.3 Å². The van der Waals surface area contributed by atoms with Crippen LogP contribution in [0.25, 0.3) is 0 Å². The highest BCUT2D eigenvalue weighted by atomic mass is 19.1. The number of carbonyl (C=O) groups excluding carboxylic acids is 2. The molecule has 0 bridgehead atoms. The van der Waals surface area contributed by atoms with Gasteiger partial charge in [0.2, 0.25) is 0 Å². The lowest BCUT2D eigenvalue weighted by atomic mass is 10.2. The number of methoxy groups -OCH3 is 1. The molecule has 1 aromatic carbocycles. The summed E-state index contributed by atoms with van der Waals surface area (Å²) in [5.41, 5.74) is 0.327. The van der Waals surface area contributed by atoms with Crippen LogP contribution in [-0.2, 0) is 14.3 Å². The molecule has 1 N–H and O–H groups in total. The van der Waals surface area contributed by atoms with Crippen molar-refractivity contribution in [3.05, 3.63) is 35.6 Å². The molecule has 0 aliphatic carbocycles. The van der Waals surface area contributed by atoms with Crippen LogP contribution in [0, 0.1) is 5.82 Å². The van der Waals surface area contributed by atoms with Gasteiger partial charge in [-0.1, -0.05) is 0 Å². The molecule has 0 atom stereocenters. The van der Waals surface area contributed by atoms with Crippen molar-refractivity contribution in [2.75, 3.05) is 40.0 Å². The third kappa shape index (κ3) is 6.19. The van der Waals surface area contributed by atoms with Gasteiger partial charge in [-0.2, -0.15) is 0 Å². The first-order chi connectivity index (χ1) is 10.6. The summed E-state index contributed by atoms with van der Waals surface area (Å²) in [4.78, 5) is 25.0. The fraction of sp³-hybridized carbons (Fsp3) is 0.467. The minimum Gasteiger partial charge on any atom is -0.469 e. The minimum absolute atomic E-state index is 0.0590. The first-order valence-electron chi connectivity index (χ1n) is 6.88. The Balaban J connectivity index is 2.67. The van der Waals surface area contributed by atoms with Crippen molar-refractivity contribution in [1.82, 2.24) is 4.90 Å². The molecule has 1 rings (SSSR count). The van der Waals surface area contributed by atoms with Crippen LogP contribution >= 0.6 is 0 Å². The Labute approximate surface area is 128 Å². The highest BCUT2D eigenvalue weighted by Crippen LogP contribution is 2.08. The highest BCUT2D eigenvalue weighted by molar-refractivity contribution is 5.94. The molecule has 122 valence electrons. The zero-order valence-corrected chi connectivity index (χ0v) is 12.5. The van der Waals surface area contributed by atoms with Crippen molar-refractivity contribution >= 4 is 11.9 Å². The van der Waals surface area contributed by atoms with Gasteiger partial charge in [0.1, 0.15) is 5.82 Å². The predicted molar refractivity (Wildman–Crippen MR) is 76.8 cm³/mol. The van der Waals surface area contributed by atoms with E-state index in [9.17, 15) is 14.0 Å². The molecule has 0 saturated carbocycles. The van der Waals surface area contributed by atoms with E-state index < -0.39 is 11.8 Å². The van der Waals surface area contributed by atoms with E-state index in [2.05, 4.69) is 4.74 Å². The number of rotatable bonds is 9. The van der Waals surface area contributed by atoms with E-state index in [1.54, 1.807) is 0 Å². The van der Waals surface area contributed by atoms with Crippen LogP contribution in [0.4, 0.5) is 4.39 Å². The Kier molecular flexibility index (Phi) is 8.09. The number of esters is 1. The lowest BCUT2D eigenvalue weighted by Gasteiger charge is -2.22. The molecule has 0 aromatic heterocycles. The smallest absolute Gasteiger partial charge is 0.307 e. The predicted octanol–water partition coefficient (Wildman–Crippen LogP) is 0.840. The highest BCUT2D eigenvalue weighted by Gasteiger charge is 2.17. The van der Waals surface area contributed by atoms with Gasteiger partial charge in [-0.25, -0.2) is 4.39 Å². The van der Waals surface area contributed by atoms with E-state index in [4.69, 9.17) is 9.84 Å². The molecule has 22 heavy (non-hydrogen) atoms. The average molecular weight is 313 g/mol. The number of nitrogens with zero attached hydrogens (tertiary/aromatic N) is 1. The Morgan fingerprint density at radius 3 is 2.45 bits per heavy atom. The lowest BCUT2D eigenvalue weighted by molar-refractivity contribution is -0.140. The van der Waals surface area contributed by atoms with Crippen LogP contribution in [0.1, 0.15) is 16.8 Å². The van der Waals surface area contributed by atoms with Crippen LogP contribution < -0.4 is 0 Å². The van der Waals surface area contributed by atoms with Crippen molar-refractivity contribution in [2.45, 2.75) is 6.42 Å². The molecule has 0 saturated heterocycles. The number of hydrogen-bond acceptors (Lipinski definition) is 5. The van der Waals surface area contributed by atoms with E-state index in [1.807, 2.05) is 0 Å². The Morgan fingerprint density at radius 2 is 1.86 bits per heavy atom. The van der Waals surface area contributed by atoms with E-state index in [1.165, 1.54) is 36.3 Å². The van der Waals surface area contributed by atoms with Gasteiger partial charge in [0.15, 0.2) is 0 Å². The number of hydrogen-bond donors (Lipinski definition) is 1. The van der Waals surface area contributed by atoms with E-state index >= 15 is 0 Å². The maximum absolute atomic E-state index is 12.9. The summed E-state index contributed by atoms with van der Waals surface area (Å²) >= 11 is 0. The third-order valence-electron chi connectivity index (χ3n) is 2.93. The molecular weight excluding hydrogens is 293 g/mol. The molecule has 7 heteroatoms. The zero-order valence-electron chi connectivity index (χ0n) is 12.5. The minimum atomic E-state index is -0.427. The normalized spacial score (nSPS) is 10.3. The summed E-state index contributed by atoms with van der Waals surface area (Å²) in [5, 5.41) is 8.65. The van der Waals surface area contributed by atoms with Crippen LogP contribution in [0.3, 0.4) is 0 Å². The maximum Gasteiger partial charge on any atom is 0.307 e. The quantitative estimate of drug-likeness (QED) is 0.540. The number of aliphatic hydroxyl groups excluding tert-OH is 1. The molecule has 0 heterocycles. The molecule has 0 fully saturated rings. The van der Waals surface area contributed by atoms with Gasteiger partial charge < -0.3 is 19.5 Å².